The lowest BCUT2D eigenvalue weighted by Gasteiger charge is -2.13. The summed E-state index contributed by atoms with van der Waals surface area (Å²) in [5.74, 6) is 0.0569. The van der Waals surface area contributed by atoms with Gasteiger partial charge in [-0.3, -0.25) is 14.5 Å². The number of hydrogen-bond donors (Lipinski definition) is 1. The number of aromatic hydroxyl groups is 1. The van der Waals surface area contributed by atoms with Crippen LogP contribution < -0.4 is 5.43 Å². The number of nitrogens with zero attached hydrogens (tertiary/aromatic N) is 1. The van der Waals surface area contributed by atoms with Gasteiger partial charge in [-0.15, -0.1) is 0 Å². The van der Waals surface area contributed by atoms with Gasteiger partial charge in [-0.25, -0.2) is 0 Å². The molecule has 0 saturated carbocycles. The van der Waals surface area contributed by atoms with Crippen molar-refractivity contribution >= 4 is 34.2 Å². The summed E-state index contributed by atoms with van der Waals surface area (Å²) in [6.45, 7) is 0.125. The minimum Gasteiger partial charge on any atom is -0.502 e. The monoisotopic (exact) mass is 257 g/mol. The van der Waals surface area contributed by atoms with Crippen LogP contribution in [0.5, 0.6) is 5.75 Å². The molecule has 84 valence electrons. The van der Waals surface area contributed by atoms with Gasteiger partial charge < -0.3 is 9.52 Å². The zero-order chi connectivity index (χ0) is 11.7. The third-order valence-electron chi connectivity index (χ3n) is 2.02. The summed E-state index contributed by atoms with van der Waals surface area (Å²) in [6.07, 6.45) is 0.953. The molecular weight excluding hydrogens is 250 g/mol. The quantitative estimate of drug-likeness (QED) is 0.787. The predicted octanol–water partition coefficient (Wildman–Crippen LogP) is 0.706. The molecule has 0 aliphatic carbocycles. The molecule has 0 spiro atoms. The Hall–Kier alpha value is -1.34. The molecule has 1 amide bonds. The molecule has 2 rings (SSSR count). The number of hydrogen-bond acceptors (Lipinski definition) is 6. The van der Waals surface area contributed by atoms with Crippen LogP contribution in [0.2, 0.25) is 0 Å². The molecule has 0 unspecified atom stereocenters. The Balaban J connectivity index is 2.21. The Kier molecular flexibility index (Phi) is 2.97. The highest BCUT2D eigenvalue weighted by Gasteiger charge is 2.27. The van der Waals surface area contributed by atoms with Crippen molar-refractivity contribution < 1.29 is 14.3 Å². The number of amides is 1. The molecule has 5 nitrogen and oxygen atoms in total. The molecule has 1 N–H and O–H groups in total. The molecule has 1 aliphatic rings. The normalized spacial score (nSPS) is 15.9. The van der Waals surface area contributed by atoms with Gasteiger partial charge in [0.2, 0.25) is 11.3 Å². The number of thioether (sulfide) groups is 1. The van der Waals surface area contributed by atoms with Gasteiger partial charge in [0.15, 0.2) is 5.75 Å². The van der Waals surface area contributed by atoms with E-state index in [2.05, 4.69) is 0 Å². The highest BCUT2D eigenvalue weighted by molar-refractivity contribution is 8.23. The highest BCUT2D eigenvalue weighted by Crippen LogP contribution is 2.21. The minimum absolute atomic E-state index is 0.106. The molecule has 1 aromatic heterocycles. The van der Waals surface area contributed by atoms with Crippen LogP contribution in [0.4, 0.5) is 0 Å². The molecule has 2 heterocycles. The summed E-state index contributed by atoms with van der Waals surface area (Å²) in [5, 5.41) is 8.99. The van der Waals surface area contributed by atoms with Crippen LogP contribution in [0.3, 0.4) is 0 Å². The van der Waals surface area contributed by atoms with Gasteiger partial charge in [-0.2, -0.15) is 0 Å². The Morgan fingerprint density at radius 3 is 2.88 bits per heavy atom. The molecule has 1 fully saturated rings. The van der Waals surface area contributed by atoms with E-state index in [1.165, 1.54) is 16.7 Å². The fourth-order valence-corrected chi connectivity index (χ4v) is 2.28. The van der Waals surface area contributed by atoms with Crippen LogP contribution in [0.25, 0.3) is 0 Å². The molecule has 1 saturated heterocycles. The van der Waals surface area contributed by atoms with E-state index in [-0.39, 0.29) is 12.5 Å². The first-order chi connectivity index (χ1) is 7.58. The average molecular weight is 257 g/mol. The molecule has 16 heavy (non-hydrogen) atoms. The van der Waals surface area contributed by atoms with Crippen LogP contribution in [-0.4, -0.2) is 26.0 Å². The lowest BCUT2D eigenvalue weighted by Crippen LogP contribution is -2.28. The van der Waals surface area contributed by atoms with Gasteiger partial charge in [0.1, 0.15) is 16.3 Å². The van der Waals surface area contributed by atoms with Crippen LogP contribution in [0.1, 0.15) is 5.76 Å². The van der Waals surface area contributed by atoms with Crippen LogP contribution in [0, 0.1) is 0 Å². The van der Waals surface area contributed by atoms with Gasteiger partial charge >= 0.3 is 0 Å². The summed E-state index contributed by atoms with van der Waals surface area (Å²) in [7, 11) is 0. The second-order valence-corrected chi connectivity index (χ2v) is 4.74. The second-order valence-electron chi connectivity index (χ2n) is 3.13. The van der Waals surface area contributed by atoms with Gasteiger partial charge in [0, 0.05) is 6.07 Å². The van der Waals surface area contributed by atoms with Gasteiger partial charge in [-0.1, -0.05) is 24.0 Å². The Bertz CT molecular complexity index is 494. The lowest BCUT2D eigenvalue weighted by molar-refractivity contribution is -0.124. The summed E-state index contributed by atoms with van der Waals surface area (Å²) in [5.41, 5.74) is -0.536. The van der Waals surface area contributed by atoms with Crippen molar-refractivity contribution in [2.75, 3.05) is 5.75 Å². The fourth-order valence-electron chi connectivity index (χ4n) is 1.22. The van der Waals surface area contributed by atoms with Crippen molar-refractivity contribution in [3.63, 3.8) is 0 Å². The molecule has 7 heteroatoms. The predicted molar refractivity (Wildman–Crippen MR) is 62.2 cm³/mol. The van der Waals surface area contributed by atoms with Gasteiger partial charge in [0.25, 0.3) is 0 Å². The number of carbonyl (C=O) groups is 1. The third-order valence-corrected chi connectivity index (χ3v) is 3.45. The molecule has 0 bridgehead atoms. The number of carbonyl (C=O) groups excluding carboxylic acids is 1. The molecule has 0 aromatic carbocycles. The van der Waals surface area contributed by atoms with Gasteiger partial charge in [0.05, 0.1) is 12.3 Å². The second kappa shape index (κ2) is 4.26. The van der Waals surface area contributed by atoms with Crippen LogP contribution in [0.15, 0.2) is 21.5 Å². The van der Waals surface area contributed by atoms with E-state index in [4.69, 9.17) is 21.7 Å². The van der Waals surface area contributed by atoms with Crippen LogP contribution >= 0.6 is 24.0 Å². The Morgan fingerprint density at radius 2 is 2.31 bits per heavy atom. The molecule has 0 radical (unpaired) electrons. The zero-order valence-electron chi connectivity index (χ0n) is 8.00. The maximum absolute atomic E-state index is 11.4. The summed E-state index contributed by atoms with van der Waals surface area (Å²) in [4.78, 5) is 23.9. The minimum atomic E-state index is -0.536. The first kappa shape index (κ1) is 11.2. The van der Waals surface area contributed by atoms with E-state index in [9.17, 15) is 9.59 Å². The Labute approximate surface area is 100 Å². The molecular formula is C9H7NO4S2. The highest BCUT2D eigenvalue weighted by atomic mass is 32.2. The smallest absolute Gasteiger partial charge is 0.238 e. The van der Waals surface area contributed by atoms with Crippen LogP contribution in [-0.2, 0) is 11.3 Å². The first-order valence-corrected chi connectivity index (χ1v) is 5.75. The van der Waals surface area contributed by atoms with Crippen molar-refractivity contribution in [1.82, 2.24) is 4.90 Å². The van der Waals surface area contributed by atoms with Crippen molar-refractivity contribution in [2.45, 2.75) is 6.54 Å². The molecule has 0 atom stereocenters. The summed E-state index contributed by atoms with van der Waals surface area (Å²) >= 11 is 6.25. The number of thiocarbonyl (C=S) groups is 1. The maximum Gasteiger partial charge on any atom is 0.238 e. The fraction of sp³-hybridized carbons (Fsp3) is 0.222. The SMILES string of the molecule is O=C1CSC(=S)N1Cc1cc(=O)c(O)co1. The summed E-state index contributed by atoms with van der Waals surface area (Å²) in [6, 6.07) is 1.15. The number of rotatable bonds is 2. The van der Waals surface area contributed by atoms with E-state index in [0.29, 0.717) is 15.8 Å². The van der Waals surface area contributed by atoms with E-state index in [0.717, 1.165) is 12.3 Å². The lowest BCUT2D eigenvalue weighted by atomic mass is 10.3. The zero-order valence-corrected chi connectivity index (χ0v) is 9.64. The van der Waals surface area contributed by atoms with Crippen molar-refractivity contribution in [1.29, 1.82) is 0 Å². The van der Waals surface area contributed by atoms with E-state index in [1.807, 2.05) is 0 Å². The molecule has 1 aromatic rings. The van der Waals surface area contributed by atoms with Gasteiger partial charge in [-0.05, 0) is 0 Å². The van der Waals surface area contributed by atoms with Crippen molar-refractivity contribution in [3.8, 4) is 5.75 Å². The average Bonchev–Trinajstić information content (AvgIpc) is 2.55. The van der Waals surface area contributed by atoms with E-state index in [1.54, 1.807) is 0 Å². The third kappa shape index (κ3) is 2.10. The largest absolute Gasteiger partial charge is 0.502 e. The topological polar surface area (TPSA) is 70.8 Å². The molecule has 1 aliphatic heterocycles. The van der Waals surface area contributed by atoms with Crippen molar-refractivity contribution in [3.05, 3.63) is 28.3 Å². The first-order valence-electron chi connectivity index (χ1n) is 4.36. The standard InChI is InChI=1S/C9H7NO4S2/c11-6-1-5(14-3-7(6)12)2-10-8(13)4-16-9(10)15/h1,3,12H,2,4H2. The summed E-state index contributed by atoms with van der Waals surface area (Å²) < 4.78 is 5.46. The Morgan fingerprint density at radius 1 is 1.56 bits per heavy atom. The van der Waals surface area contributed by atoms with E-state index < -0.39 is 11.2 Å². The van der Waals surface area contributed by atoms with Crippen molar-refractivity contribution in [2.24, 2.45) is 0 Å². The van der Waals surface area contributed by atoms with E-state index >= 15 is 0 Å². The maximum atomic E-state index is 11.4.